The summed E-state index contributed by atoms with van der Waals surface area (Å²) in [5.41, 5.74) is 2.76. The molecular weight excluding hydrogens is 323 g/mol. The Labute approximate surface area is 142 Å². The van der Waals surface area contributed by atoms with Gasteiger partial charge in [-0.15, -0.1) is 0 Å². The molecule has 0 aliphatic rings. The van der Waals surface area contributed by atoms with Crippen molar-refractivity contribution < 1.29 is 13.7 Å². The third-order valence-electron chi connectivity index (χ3n) is 4.16. The van der Waals surface area contributed by atoms with E-state index in [9.17, 15) is 9.18 Å². The van der Waals surface area contributed by atoms with E-state index in [0.29, 0.717) is 23.2 Å². The first-order chi connectivity index (χ1) is 12.1. The van der Waals surface area contributed by atoms with Crippen molar-refractivity contribution >= 4 is 27.9 Å². The summed E-state index contributed by atoms with van der Waals surface area (Å²) < 4.78 is 20.4. The molecule has 0 saturated heterocycles. The van der Waals surface area contributed by atoms with E-state index < -0.39 is 5.82 Å². The predicted octanol–water partition coefficient (Wildman–Crippen LogP) is 2.71. The molecule has 2 aromatic heterocycles. The highest BCUT2D eigenvalue weighted by Crippen LogP contribution is 2.20. The Bertz CT molecular complexity index is 1080. The first-order valence-electron chi connectivity index (χ1n) is 7.82. The molecule has 0 saturated carbocycles. The van der Waals surface area contributed by atoms with Gasteiger partial charge in [-0.1, -0.05) is 17.3 Å². The van der Waals surface area contributed by atoms with E-state index >= 15 is 0 Å². The smallest absolute Gasteiger partial charge is 0.226 e. The molecule has 6 nitrogen and oxygen atoms in total. The topological polar surface area (TPSA) is 73.0 Å². The van der Waals surface area contributed by atoms with Gasteiger partial charge in [0, 0.05) is 12.4 Å². The largest absolute Gasteiger partial charge is 0.356 e. The van der Waals surface area contributed by atoms with Crippen LogP contribution in [-0.4, -0.2) is 20.6 Å². The molecule has 1 amide bonds. The van der Waals surface area contributed by atoms with Crippen molar-refractivity contribution in [2.75, 3.05) is 0 Å². The fourth-order valence-corrected chi connectivity index (χ4v) is 2.83. The first-order valence-corrected chi connectivity index (χ1v) is 7.82. The maximum absolute atomic E-state index is 13.4. The molecular formula is C18H15FN4O2. The van der Waals surface area contributed by atoms with Gasteiger partial charge in [0.1, 0.15) is 17.3 Å². The second-order valence-corrected chi connectivity index (χ2v) is 5.80. The van der Waals surface area contributed by atoms with Crippen molar-refractivity contribution in [2.45, 2.75) is 13.0 Å². The zero-order valence-corrected chi connectivity index (χ0v) is 13.5. The van der Waals surface area contributed by atoms with Crippen molar-refractivity contribution in [3.05, 3.63) is 59.8 Å². The lowest BCUT2D eigenvalue weighted by Gasteiger charge is -2.04. The fourth-order valence-electron chi connectivity index (χ4n) is 2.83. The molecule has 2 heterocycles. The molecule has 1 N–H and O–H groups in total. The van der Waals surface area contributed by atoms with Crippen molar-refractivity contribution in [3.63, 3.8) is 0 Å². The number of imidazole rings is 1. The second kappa shape index (κ2) is 6.01. The molecule has 2 aromatic carbocycles. The number of fused-ring (bicyclic) bond motifs is 2. The number of nitrogens with zero attached hydrogens (tertiary/aromatic N) is 3. The number of carbonyl (C=O) groups is 1. The average molecular weight is 338 g/mol. The Balaban J connectivity index is 1.48. The van der Waals surface area contributed by atoms with Crippen LogP contribution in [0.3, 0.4) is 0 Å². The van der Waals surface area contributed by atoms with Crippen LogP contribution >= 0.6 is 0 Å². The highest BCUT2D eigenvalue weighted by molar-refractivity contribution is 5.86. The molecule has 0 aliphatic carbocycles. The number of aryl methyl sites for hydroxylation is 1. The van der Waals surface area contributed by atoms with Gasteiger partial charge in [0.2, 0.25) is 5.91 Å². The van der Waals surface area contributed by atoms with E-state index in [1.807, 2.05) is 35.9 Å². The van der Waals surface area contributed by atoms with Gasteiger partial charge < -0.3 is 14.4 Å². The van der Waals surface area contributed by atoms with Crippen molar-refractivity contribution in [2.24, 2.45) is 7.05 Å². The summed E-state index contributed by atoms with van der Waals surface area (Å²) in [5.74, 6) is 0.134. The summed E-state index contributed by atoms with van der Waals surface area (Å²) in [6.45, 7) is 0.300. The average Bonchev–Trinajstić information content (AvgIpc) is 3.15. The minimum Gasteiger partial charge on any atom is -0.356 e. The molecule has 0 aliphatic heterocycles. The Morgan fingerprint density at radius 3 is 2.96 bits per heavy atom. The van der Waals surface area contributed by atoms with Crippen LogP contribution in [0, 0.1) is 5.82 Å². The number of benzene rings is 2. The number of hydrogen-bond acceptors (Lipinski definition) is 4. The number of hydrogen-bond donors (Lipinski definition) is 1. The third-order valence-corrected chi connectivity index (χ3v) is 4.16. The van der Waals surface area contributed by atoms with Crippen molar-refractivity contribution in [3.8, 4) is 0 Å². The van der Waals surface area contributed by atoms with E-state index in [1.54, 1.807) is 0 Å². The SMILES string of the molecule is Cn1c(CNC(=O)Cc2noc3ccc(F)cc23)nc2ccccc21. The normalized spacial score (nSPS) is 11.3. The summed E-state index contributed by atoms with van der Waals surface area (Å²) in [6.07, 6.45) is 0.0143. The highest BCUT2D eigenvalue weighted by atomic mass is 19.1. The number of amides is 1. The zero-order chi connectivity index (χ0) is 17.4. The maximum atomic E-state index is 13.4. The minimum atomic E-state index is -0.392. The zero-order valence-electron chi connectivity index (χ0n) is 13.5. The van der Waals surface area contributed by atoms with E-state index in [0.717, 1.165) is 16.9 Å². The molecule has 0 unspecified atom stereocenters. The van der Waals surface area contributed by atoms with E-state index in [4.69, 9.17) is 4.52 Å². The van der Waals surface area contributed by atoms with Crippen LogP contribution in [0.5, 0.6) is 0 Å². The van der Waals surface area contributed by atoms with Crippen LogP contribution in [0.1, 0.15) is 11.5 Å². The lowest BCUT2D eigenvalue weighted by molar-refractivity contribution is -0.120. The van der Waals surface area contributed by atoms with Crippen molar-refractivity contribution in [1.29, 1.82) is 0 Å². The molecule has 0 bridgehead atoms. The Morgan fingerprint density at radius 2 is 2.12 bits per heavy atom. The number of nitrogens with one attached hydrogen (secondary N) is 1. The summed E-state index contributed by atoms with van der Waals surface area (Å²) in [7, 11) is 1.91. The fraction of sp³-hybridized carbons (Fsp3) is 0.167. The molecule has 0 spiro atoms. The van der Waals surface area contributed by atoms with Gasteiger partial charge in [0.25, 0.3) is 0 Å². The lowest BCUT2D eigenvalue weighted by atomic mass is 10.1. The van der Waals surface area contributed by atoms with Gasteiger partial charge in [0.15, 0.2) is 5.58 Å². The van der Waals surface area contributed by atoms with Crippen LogP contribution in [-0.2, 0) is 24.8 Å². The van der Waals surface area contributed by atoms with Crippen LogP contribution in [0.15, 0.2) is 47.0 Å². The van der Waals surface area contributed by atoms with E-state index in [-0.39, 0.29) is 12.3 Å². The van der Waals surface area contributed by atoms with Gasteiger partial charge in [-0.2, -0.15) is 0 Å². The Kier molecular flexibility index (Phi) is 3.68. The number of halogens is 1. The van der Waals surface area contributed by atoms with Crippen LogP contribution < -0.4 is 5.32 Å². The number of para-hydroxylation sites is 2. The Hall–Kier alpha value is -3.22. The first kappa shape index (κ1) is 15.3. The minimum absolute atomic E-state index is 0.0143. The summed E-state index contributed by atoms with van der Waals surface area (Å²) in [4.78, 5) is 16.7. The van der Waals surface area contributed by atoms with Crippen molar-refractivity contribution in [1.82, 2.24) is 20.0 Å². The molecule has 126 valence electrons. The molecule has 0 radical (unpaired) electrons. The highest BCUT2D eigenvalue weighted by Gasteiger charge is 2.14. The van der Waals surface area contributed by atoms with Gasteiger partial charge in [0.05, 0.1) is 24.0 Å². The van der Waals surface area contributed by atoms with Gasteiger partial charge >= 0.3 is 0 Å². The standard InChI is InChI=1S/C18H15FN4O2/c1-23-15-5-3-2-4-13(15)21-17(23)10-20-18(24)9-14-12-8-11(19)6-7-16(12)25-22-14/h2-8H,9-10H2,1H3,(H,20,24). The summed E-state index contributed by atoms with van der Waals surface area (Å²) in [6, 6.07) is 11.9. The molecule has 4 aromatic rings. The number of aromatic nitrogens is 3. The number of rotatable bonds is 4. The molecule has 4 rings (SSSR count). The second-order valence-electron chi connectivity index (χ2n) is 5.80. The summed E-state index contributed by atoms with van der Waals surface area (Å²) in [5, 5.41) is 7.19. The van der Waals surface area contributed by atoms with E-state index in [2.05, 4.69) is 15.5 Å². The monoisotopic (exact) mass is 338 g/mol. The van der Waals surface area contributed by atoms with Crippen LogP contribution in [0.4, 0.5) is 4.39 Å². The van der Waals surface area contributed by atoms with Crippen LogP contribution in [0.2, 0.25) is 0 Å². The van der Waals surface area contributed by atoms with Gasteiger partial charge in [-0.3, -0.25) is 4.79 Å². The van der Waals surface area contributed by atoms with Crippen LogP contribution in [0.25, 0.3) is 22.0 Å². The molecule has 25 heavy (non-hydrogen) atoms. The van der Waals surface area contributed by atoms with Gasteiger partial charge in [-0.25, -0.2) is 9.37 Å². The molecule has 7 heteroatoms. The van der Waals surface area contributed by atoms with E-state index in [1.165, 1.54) is 18.2 Å². The number of carbonyl (C=O) groups excluding carboxylic acids is 1. The lowest BCUT2D eigenvalue weighted by Crippen LogP contribution is -2.26. The third kappa shape index (κ3) is 2.84. The van der Waals surface area contributed by atoms with Gasteiger partial charge in [-0.05, 0) is 30.3 Å². The molecule has 0 atom stereocenters. The maximum Gasteiger partial charge on any atom is 0.226 e. The predicted molar refractivity (Wildman–Crippen MR) is 90.2 cm³/mol. The molecule has 0 fully saturated rings. The quantitative estimate of drug-likeness (QED) is 0.621. The summed E-state index contributed by atoms with van der Waals surface area (Å²) >= 11 is 0. The Morgan fingerprint density at radius 1 is 1.28 bits per heavy atom.